The Bertz CT molecular complexity index is 1020. The molecule has 158 valence electrons. The van der Waals surface area contributed by atoms with Gasteiger partial charge in [-0.15, -0.1) is 10.2 Å². The highest BCUT2D eigenvalue weighted by atomic mass is 16.5. The van der Waals surface area contributed by atoms with Crippen LogP contribution in [-0.2, 0) is 11.3 Å². The molecule has 0 aliphatic heterocycles. The van der Waals surface area contributed by atoms with E-state index >= 15 is 0 Å². The van der Waals surface area contributed by atoms with Crippen LogP contribution >= 0.6 is 0 Å². The number of ether oxygens (including phenoxy) is 3. The van der Waals surface area contributed by atoms with Crippen LogP contribution in [0, 0.1) is 6.92 Å². The summed E-state index contributed by atoms with van der Waals surface area (Å²) in [4.78, 5) is 14.2. The Labute approximate surface area is 175 Å². The molecule has 1 amide bonds. The molecule has 1 heterocycles. The monoisotopic (exact) mass is 411 g/mol. The number of rotatable bonds is 8. The quantitative estimate of drug-likeness (QED) is 0.561. The van der Waals surface area contributed by atoms with Crippen molar-refractivity contribution in [3.05, 3.63) is 53.9 Å². The van der Waals surface area contributed by atoms with E-state index in [0.29, 0.717) is 34.6 Å². The van der Waals surface area contributed by atoms with Gasteiger partial charge < -0.3 is 23.5 Å². The van der Waals surface area contributed by atoms with Crippen molar-refractivity contribution >= 4 is 5.91 Å². The third-order valence-electron chi connectivity index (χ3n) is 4.59. The number of para-hydroxylation sites is 1. The van der Waals surface area contributed by atoms with Crippen molar-refractivity contribution in [2.24, 2.45) is 0 Å². The maximum absolute atomic E-state index is 12.7. The number of likely N-dealkylation sites (N-methyl/N-ethyl adjacent to an activating group) is 1. The van der Waals surface area contributed by atoms with Crippen LogP contribution in [0.25, 0.3) is 11.5 Å². The second kappa shape index (κ2) is 9.30. The molecule has 1 atom stereocenters. The molecular formula is C22H25N3O5. The molecule has 30 heavy (non-hydrogen) atoms. The highest BCUT2D eigenvalue weighted by Gasteiger charge is 2.22. The molecule has 0 aliphatic rings. The number of carbonyl (C=O) groups is 1. The molecule has 3 aromatic rings. The van der Waals surface area contributed by atoms with Crippen LogP contribution in [0.15, 0.2) is 46.9 Å². The van der Waals surface area contributed by atoms with Gasteiger partial charge in [0.1, 0.15) is 5.75 Å². The average Bonchev–Trinajstić information content (AvgIpc) is 3.22. The average molecular weight is 411 g/mol. The number of carbonyl (C=O) groups excluding carboxylic acids is 1. The summed E-state index contributed by atoms with van der Waals surface area (Å²) in [5.74, 6) is 2.30. The van der Waals surface area contributed by atoms with Crippen molar-refractivity contribution in [2.45, 2.75) is 26.5 Å². The van der Waals surface area contributed by atoms with Crippen LogP contribution in [0.1, 0.15) is 18.4 Å². The normalized spacial score (nSPS) is 11.6. The number of amides is 1. The largest absolute Gasteiger partial charge is 0.493 e. The molecule has 3 rings (SSSR count). The summed E-state index contributed by atoms with van der Waals surface area (Å²) >= 11 is 0. The maximum atomic E-state index is 12.7. The van der Waals surface area contributed by atoms with Crippen LogP contribution in [-0.4, -0.2) is 48.4 Å². The van der Waals surface area contributed by atoms with Gasteiger partial charge in [0.2, 0.25) is 11.8 Å². The van der Waals surface area contributed by atoms with Gasteiger partial charge in [-0.1, -0.05) is 18.2 Å². The summed E-state index contributed by atoms with van der Waals surface area (Å²) < 4.78 is 22.1. The topological polar surface area (TPSA) is 86.9 Å². The Morgan fingerprint density at radius 3 is 2.50 bits per heavy atom. The first-order valence-corrected chi connectivity index (χ1v) is 9.45. The predicted octanol–water partition coefficient (Wildman–Crippen LogP) is 3.49. The Balaban J connectivity index is 1.66. The molecule has 0 bridgehead atoms. The van der Waals surface area contributed by atoms with E-state index < -0.39 is 6.10 Å². The van der Waals surface area contributed by atoms with E-state index in [4.69, 9.17) is 18.6 Å². The van der Waals surface area contributed by atoms with Gasteiger partial charge in [-0.25, -0.2) is 0 Å². The van der Waals surface area contributed by atoms with Crippen molar-refractivity contribution in [3.8, 4) is 28.7 Å². The smallest absolute Gasteiger partial charge is 0.263 e. The van der Waals surface area contributed by atoms with Gasteiger partial charge in [0, 0.05) is 12.6 Å². The van der Waals surface area contributed by atoms with Crippen molar-refractivity contribution < 1.29 is 23.4 Å². The summed E-state index contributed by atoms with van der Waals surface area (Å²) in [6.45, 7) is 3.82. The van der Waals surface area contributed by atoms with Gasteiger partial charge in [-0.05, 0) is 43.7 Å². The molecule has 0 saturated carbocycles. The van der Waals surface area contributed by atoms with Crippen molar-refractivity contribution in [1.82, 2.24) is 15.1 Å². The lowest BCUT2D eigenvalue weighted by molar-refractivity contribution is -0.137. The Hall–Kier alpha value is -3.55. The SMILES string of the molecule is COc1ccc(-c2nnc(CN(C)C(=O)[C@@H](C)Oc3ccccc3C)o2)cc1OC. The Morgan fingerprint density at radius 2 is 1.80 bits per heavy atom. The Kier molecular flexibility index (Phi) is 6.56. The summed E-state index contributed by atoms with van der Waals surface area (Å²) in [5, 5.41) is 8.12. The van der Waals surface area contributed by atoms with Crippen LogP contribution in [0.2, 0.25) is 0 Å². The lowest BCUT2D eigenvalue weighted by atomic mass is 10.2. The van der Waals surface area contributed by atoms with Crippen molar-refractivity contribution in [2.75, 3.05) is 21.3 Å². The summed E-state index contributed by atoms with van der Waals surface area (Å²) in [6.07, 6.45) is -0.649. The molecule has 8 heteroatoms. The van der Waals surface area contributed by atoms with Crippen molar-refractivity contribution in [1.29, 1.82) is 0 Å². The van der Waals surface area contributed by atoms with Gasteiger partial charge in [0.25, 0.3) is 5.91 Å². The first-order valence-electron chi connectivity index (χ1n) is 9.45. The second-order valence-electron chi connectivity index (χ2n) is 6.79. The second-order valence-corrected chi connectivity index (χ2v) is 6.79. The molecule has 2 aromatic carbocycles. The van der Waals surface area contributed by atoms with Gasteiger partial charge in [0.05, 0.1) is 20.8 Å². The fourth-order valence-electron chi connectivity index (χ4n) is 2.92. The van der Waals surface area contributed by atoms with E-state index in [1.165, 1.54) is 4.90 Å². The number of hydrogen-bond donors (Lipinski definition) is 0. The molecule has 8 nitrogen and oxygen atoms in total. The Morgan fingerprint density at radius 1 is 1.07 bits per heavy atom. The fraction of sp³-hybridized carbons (Fsp3) is 0.318. The van der Waals surface area contributed by atoms with E-state index in [0.717, 1.165) is 5.56 Å². The zero-order chi connectivity index (χ0) is 21.7. The molecule has 0 saturated heterocycles. The lowest BCUT2D eigenvalue weighted by Crippen LogP contribution is -2.37. The maximum Gasteiger partial charge on any atom is 0.263 e. The lowest BCUT2D eigenvalue weighted by Gasteiger charge is -2.21. The fourth-order valence-corrected chi connectivity index (χ4v) is 2.92. The molecule has 0 N–H and O–H groups in total. The van der Waals surface area contributed by atoms with Gasteiger partial charge >= 0.3 is 0 Å². The third kappa shape index (κ3) is 4.71. The minimum Gasteiger partial charge on any atom is -0.493 e. The van der Waals surface area contributed by atoms with Crippen LogP contribution in [0.5, 0.6) is 17.2 Å². The summed E-state index contributed by atoms with van der Waals surface area (Å²) in [5.41, 5.74) is 1.66. The van der Waals surface area contributed by atoms with Gasteiger partial charge in [-0.2, -0.15) is 0 Å². The molecule has 0 spiro atoms. The molecular weight excluding hydrogens is 386 g/mol. The van der Waals surface area contributed by atoms with Crippen molar-refractivity contribution in [3.63, 3.8) is 0 Å². The van der Waals surface area contributed by atoms with Gasteiger partial charge in [-0.3, -0.25) is 4.79 Å². The number of benzene rings is 2. The zero-order valence-electron chi connectivity index (χ0n) is 17.7. The van der Waals surface area contributed by atoms with E-state index in [1.807, 2.05) is 31.2 Å². The minimum absolute atomic E-state index is 0.167. The molecule has 0 fully saturated rings. The number of methoxy groups -OCH3 is 2. The molecule has 0 radical (unpaired) electrons. The van der Waals surface area contributed by atoms with Crippen LogP contribution in [0.4, 0.5) is 0 Å². The third-order valence-corrected chi connectivity index (χ3v) is 4.59. The number of aromatic nitrogens is 2. The number of hydrogen-bond acceptors (Lipinski definition) is 7. The van der Waals surface area contributed by atoms with Crippen LogP contribution in [0.3, 0.4) is 0 Å². The molecule has 1 aromatic heterocycles. The highest BCUT2D eigenvalue weighted by Crippen LogP contribution is 2.31. The van der Waals surface area contributed by atoms with E-state index in [1.54, 1.807) is 46.4 Å². The summed E-state index contributed by atoms with van der Waals surface area (Å²) in [6, 6.07) is 12.9. The molecule has 0 aliphatic carbocycles. The first-order chi connectivity index (χ1) is 14.4. The number of aryl methyl sites for hydroxylation is 1. The standard InChI is InChI=1S/C22H25N3O5/c1-14-8-6-7-9-17(14)29-15(2)22(26)25(3)13-20-23-24-21(30-20)16-10-11-18(27-4)19(12-16)28-5/h6-12,15H,13H2,1-5H3/t15-/m1/s1. The van der Waals surface area contributed by atoms with E-state index in [-0.39, 0.29) is 12.5 Å². The minimum atomic E-state index is -0.649. The molecule has 0 unspecified atom stereocenters. The predicted molar refractivity (Wildman–Crippen MR) is 111 cm³/mol. The first kappa shape index (κ1) is 21.2. The van der Waals surface area contributed by atoms with E-state index in [2.05, 4.69) is 10.2 Å². The number of nitrogens with zero attached hydrogens (tertiary/aromatic N) is 3. The zero-order valence-corrected chi connectivity index (χ0v) is 17.7. The van der Waals surface area contributed by atoms with E-state index in [9.17, 15) is 4.79 Å². The summed E-state index contributed by atoms with van der Waals surface area (Å²) in [7, 11) is 4.79. The highest BCUT2D eigenvalue weighted by molar-refractivity contribution is 5.80. The van der Waals surface area contributed by atoms with Gasteiger partial charge in [0.15, 0.2) is 17.6 Å². The van der Waals surface area contributed by atoms with Crippen LogP contribution < -0.4 is 14.2 Å².